The molecule has 6 nitrogen and oxygen atoms in total. The van der Waals surface area contributed by atoms with Crippen LogP contribution in [-0.4, -0.2) is 45.5 Å². The van der Waals surface area contributed by atoms with Gasteiger partial charge in [-0.05, 0) is 37.8 Å². The standard InChI is InChI=1S/C21H23ClFN5O/c1-13-14(2)29-12-21(13)6-8-27(9-7-21)18-11-24-20-16(26-18)10-25-28(20)17-5-3-4-15(23)19(17)22/h3-5,10-11,13-14H,6-9,12H2,1-2H3/t13?,14-/m0/s1. The van der Waals surface area contributed by atoms with Crippen LogP contribution in [0.4, 0.5) is 10.2 Å². The van der Waals surface area contributed by atoms with Crippen LogP contribution in [0.3, 0.4) is 0 Å². The largest absolute Gasteiger partial charge is 0.378 e. The van der Waals surface area contributed by atoms with Gasteiger partial charge in [-0.3, -0.25) is 0 Å². The first-order valence-corrected chi connectivity index (χ1v) is 10.4. The number of hydrogen-bond donors (Lipinski definition) is 0. The Bertz CT molecular complexity index is 1060. The number of anilines is 1. The smallest absolute Gasteiger partial charge is 0.181 e. The minimum atomic E-state index is -0.487. The number of ether oxygens (including phenoxy) is 1. The molecule has 152 valence electrons. The Hall–Kier alpha value is -2.25. The Morgan fingerprint density at radius 2 is 2.00 bits per heavy atom. The van der Waals surface area contributed by atoms with Crippen LogP contribution in [-0.2, 0) is 4.74 Å². The first-order chi connectivity index (χ1) is 14.0. The number of hydrogen-bond acceptors (Lipinski definition) is 5. The molecule has 2 aromatic heterocycles. The Morgan fingerprint density at radius 3 is 2.72 bits per heavy atom. The van der Waals surface area contributed by atoms with Crippen molar-refractivity contribution in [1.82, 2.24) is 19.7 Å². The zero-order valence-corrected chi connectivity index (χ0v) is 17.2. The number of piperidine rings is 1. The molecular formula is C21H23ClFN5O. The van der Waals surface area contributed by atoms with Crippen molar-refractivity contribution < 1.29 is 9.13 Å². The number of halogens is 2. The van der Waals surface area contributed by atoms with Gasteiger partial charge >= 0.3 is 0 Å². The second-order valence-electron chi connectivity index (χ2n) is 8.22. The third-order valence-corrected chi connectivity index (χ3v) is 7.18. The molecule has 2 fully saturated rings. The summed E-state index contributed by atoms with van der Waals surface area (Å²) in [5.74, 6) is 0.934. The van der Waals surface area contributed by atoms with E-state index >= 15 is 0 Å². The molecule has 5 rings (SSSR count). The van der Waals surface area contributed by atoms with Crippen molar-refractivity contribution >= 4 is 28.6 Å². The van der Waals surface area contributed by atoms with Crippen molar-refractivity contribution in [2.24, 2.45) is 11.3 Å². The Labute approximate surface area is 173 Å². The molecule has 1 spiro atoms. The molecule has 29 heavy (non-hydrogen) atoms. The predicted octanol–water partition coefficient (Wildman–Crippen LogP) is 4.25. The molecule has 1 unspecified atom stereocenters. The van der Waals surface area contributed by atoms with E-state index in [1.165, 1.54) is 10.7 Å². The van der Waals surface area contributed by atoms with Crippen LogP contribution in [0.2, 0.25) is 5.02 Å². The highest BCUT2D eigenvalue weighted by Gasteiger charge is 2.47. The maximum Gasteiger partial charge on any atom is 0.181 e. The SMILES string of the molecule is CC1[C@H](C)OCC12CCN(c1cnc3c(cnn3-c3cccc(F)c3Cl)n1)CC2. The van der Waals surface area contributed by atoms with Gasteiger partial charge in [0.1, 0.15) is 22.2 Å². The lowest BCUT2D eigenvalue weighted by molar-refractivity contribution is 0.0969. The van der Waals surface area contributed by atoms with Crippen LogP contribution in [0.1, 0.15) is 26.7 Å². The van der Waals surface area contributed by atoms with E-state index in [2.05, 4.69) is 28.8 Å². The van der Waals surface area contributed by atoms with Crippen LogP contribution in [0.15, 0.2) is 30.6 Å². The van der Waals surface area contributed by atoms with Gasteiger partial charge in [0, 0.05) is 18.5 Å². The van der Waals surface area contributed by atoms with Crippen molar-refractivity contribution in [3.8, 4) is 5.69 Å². The van der Waals surface area contributed by atoms with Crippen LogP contribution in [0, 0.1) is 17.2 Å². The minimum Gasteiger partial charge on any atom is -0.378 e. The summed E-state index contributed by atoms with van der Waals surface area (Å²) in [4.78, 5) is 11.6. The summed E-state index contributed by atoms with van der Waals surface area (Å²) in [7, 11) is 0. The predicted molar refractivity (Wildman–Crippen MR) is 110 cm³/mol. The molecule has 0 bridgehead atoms. The maximum atomic E-state index is 13.8. The van der Waals surface area contributed by atoms with E-state index < -0.39 is 5.82 Å². The van der Waals surface area contributed by atoms with Crippen molar-refractivity contribution in [3.63, 3.8) is 0 Å². The highest BCUT2D eigenvalue weighted by atomic mass is 35.5. The Balaban J connectivity index is 1.40. The fourth-order valence-electron chi connectivity index (χ4n) is 4.64. The molecule has 8 heteroatoms. The van der Waals surface area contributed by atoms with E-state index in [0.717, 1.165) is 38.4 Å². The van der Waals surface area contributed by atoms with Gasteiger partial charge in [-0.2, -0.15) is 5.10 Å². The molecule has 0 N–H and O–H groups in total. The highest BCUT2D eigenvalue weighted by Crippen LogP contribution is 2.46. The molecular weight excluding hydrogens is 393 g/mol. The minimum absolute atomic E-state index is 0.0202. The Kier molecular flexibility index (Phi) is 4.47. The second-order valence-corrected chi connectivity index (χ2v) is 8.60. The van der Waals surface area contributed by atoms with Crippen LogP contribution in [0.25, 0.3) is 16.9 Å². The number of fused-ring (bicyclic) bond motifs is 1. The fourth-order valence-corrected chi connectivity index (χ4v) is 4.85. The third kappa shape index (κ3) is 2.99. The summed E-state index contributed by atoms with van der Waals surface area (Å²) in [6.07, 6.45) is 5.93. The molecule has 2 saturated heterocycles. The molecule has 0 saturated carbocycles. The number of aromatic nitrogens is 4. The summed E-state index contributed by atoms with van der Waals surface area (Å²) < 4.78 is 21.3. The first kappa shape index (κ1) is 18.8. The van der Waals surface area contributed by atoms with Gasteiger partial charge in [-0.15, -0.1) is 0 Å². The van der Waals surface area contributed by atoms with Crippen molar-refractivity contribution in [3.05, 3.63) is 41.4 Å². The zero-order valence-electron chi connectivity index (χ0n) is 16.5. The third-order valence-electron chi connectivity index (χ3n) is 6.81. The zero-order chi connectivity index (χ0) is 20.2. The van der Waals surface area contributed by atoms with Crippen LogP contribution < -0.4 is 4.90 Å². The first-order valence-electron chi connectivity index (χ1n) is 10.0. The van der Waals surface area contributed by atoms with Gasteiger partial charge in [0.15, 0.2) is 5.65 Å². The monoisotopic (exact) mass is 415 g/mol. The van der Waals surface area contributed by atoms with Gasteiger partial charge < -0.3 is 9.64 Å². The van der Waals surface area contributed by atoms with E-state index in [1.807, 2.05) is 0 Å². The van der Waals surface area contributed by atoms with E-state index in [0.29, 0.717) is 28.9 Å². The van der Waals surface area contributed by atoms with Gasteiger partial charge in [0.05, 0.1) is 30.8 Å². The van der Waals surface area contributed by atoms with Crippen LogP contribution in [0.5, 0.6) is 0 Å². The van der Waals surface area contributed by atoms with Gasteiger partial charge in [0.25, 0.3) is 0 Å². The molecule has 2 aliphatic rings. The number of benzene rings is 1. The van der Waals surface area contributed by atoms with E-state index in [-0.39, 0.29) is 10.4 Å². The quantitative estimate of drug-likeness (QED) is 0.626. The summed E-state index contributed by atoms with van der Waals surface area (Å²) in [6.45, 7) is 7.21. The fraction of sp³-hybridized carbons (Fsp3) is 0.476. The topological polar surface area (TPSA) is 56.1 Å². The maximum absolute atomic E-state index is 13.8. The molecule has 3 aromatic rings. The summed E-state index contributed by atoms with van der Waals surface area (Å²) in [5.41, 5.74) is 1.95. The summed E-state index contributed by atoms with van der Waals surface area (Å²) in [6, 6.07) is 4.63. The molecule has 4 heterocycles. The van der Waals surface area contributed by atoms with Crippen molar-refractivity contribution in [2.45, 2.75) is 32.8 Å². The van der Waals surface area contributed by atoms with Gasteiger partial charge in [-0.1, -0.05) is 24.6 Å². The van der Waals surface area contributed by atoms with Crippen LogP contribution >= 0.6 is 11.6 Å². The average Bonchev–Trinajstić information content (AvgIpc) is 3.27. The molecule has 0 aliphatic carbocycles. The number of rotatable bonds is 2. The summed E-state index contributed by atoms with van der Waals surface area (Å²) in [5, 5.41) is 4.36. The second kappa shape index (κ2) is 6.92. The molecule has 0 amide bonds. The van der Waals surface area contributed by atoms with Crippen molar-refractivity contribution in [2.75, 3.05) is 24.6 Å². The average molecular weight is 416 g/mol. The van der Waals surface area contributed by atoms with Gasteiger partial charge in [0.2, 0.25) is 0 Å². The normalized spacial score (nSPS) is 23.9. The lowest BCUT2D eigenvalue weighted by atomic mass is 9.70. The van der Waals surface area contributed by atoms with E-state index in [1.54, 1.807) is 24.5 Å². The number of nitrogens with zero attached hydrogens (tertiary/aromatic N) is 5. The molecule has 2 atom stereocenters. The highest BCUT2D eigenvalue weighted by molar-refractivity contribution is 6.32. The van der Waals surface area contributed by atoms with E-state index in [4.69, 9.17) is 21.3 Å². The van der Waals surface area contributed by atoms with E-state index in [9.17, 15) is 4.39 Å². The lowest BCUT2D eigenvalue weighted by Crippen LogP contribution is -2.44. The summed E-state index contributed by atoms with van der Waals surface area (Å²) >= 11 is 6.12. The van der Waals surface area contributed by atoms with Crippen molar-refractivity contribution in [1.29, 1.82) is 0 Å². The molecule has 1 aromatic carbocycles. The van der Waals surface area contributed by atoms with Gasteiger partial charge in [-0.25, -0.2) is 19.0 Å². The molecule has 0 radical (unpaired) electrons. The lowest BCUT2D eigenvalue weighted by Gasteiger charge is -2.41. The molecule has 2 aliphatic heterocycles. The Morgan fingerprint density at radius 1 is 1.21 bits per heavy atom.